The Kier molecular flexibility index (Phi) is 2.27. The van der Waals surface area contributed by atoms with Crippen molar-refractivity contribution in [3.05, 3.63) is 12.3 Å². The van der Waals surface area contributed by atoms with E-state index >= 15 is 0 Å². The Labute approximate surface area is 54.3 Å². The minimum atomic E-state index is 0.194. The van der Waals surface area contributed by atoms with E-state index in [9.17, 15) is 0 Å². The van der Waals surface area contributed by atoms with Gasteiger partial charge >= 0.3 is 0 Å². The summed E-state index contributed by atoms with van der Waals surface area (Å²) in [6.45, 7) is 1.55. The second-order valence-electron chi connectivity index (χ2n) is 1.85. The Hall–Kier alpha value is -0.830. The van der Waals surface area contributed by atoms with E-state index in [1.807, 2.05) is 17.2 Å². The van der Waals surface area contributed by atoms with Crippen LogP contribution in [-0.4, -0.2) is 36.0 Å². The normalized spacial score (nSPS) is 16.8. The van der Waals surface area contributed by atoms with Crippen molar-refractivity contribution < 1.29 is 5.11 Å². The van der Waals surface area contributed by atoms with E-state index in [0.29, 0.717) is 13.2 Å². The van der Waals surface area contributed by atoms with Crippen molar-refractivity contribution in [3.63, 3.8) is 0 Å². The maximum Gasteiger partial charge on any atom is 0.109 e. The molecule has 0 aliphatic carbocycles. The fraction of sp³-hybridized carbons (Fsp3) is 0.500. The zero-order chi connectivity index (χ0) is 6.53. The molecule has 0 atom stereocenters. The second-order valence-corrected chi connectivity index (χ2v) is 1.85. The third-order valence-corrected chi connectivity index (χ3v) is 1.14. The predicted molar refractivity (Wildman–Crippen MR) is 36.3 cm³/mol. The number of aliphatic imine (C=N–C) groups is 1. The molecule has 0 spiro atoms. The van der Waals surface area contributed by atoms with Gasteiger partial charge in [-0.15, -0.1) is 0 Å². The lowest BCUT2D eigenvalue weighted by molar-refractivity contribution is 0.239. The average molecular weight is 126 g/mol. The largest absolute Gasteiger partial charge is 0.395 e. The molecule has 1 aliphatic heterocycles. The molecule has 1 rings (SSSR count). The molecule has 0 aromatic carbocycles. The Morgan fingerprint density at radius 3 is 3.11 bits per heavy atom. The van der Waals surface area contributed by atoms with Crippen LogP contribution in [0.25, 0.3) is 0 Å². The van der Waals surface area contributed by atoms with Gasteiger partial charge in [0.1, 0.15) is 6.67 Å². The number of β-amino-alcohol motifs (C(OH)–C–C–N with tert-alkyl or cyclic N) is 1. The highest BCUT2D eigenvalue weighted by atomic mass is 16.3. The summed E-state index contributed by atoms with van der Waals surface area (Å²) >= 11 is 0. The number of hydrogen-bond donors (Lipinski definition) is 1. The quantitative estimate of drug-likeness (QED) is 0.558. The van der Waals surface area contributed by atoms with E-state index in [0.717, 1.165) is 0 Å². The molecule has 0 saturated carbocycles. The van der Waals surface area contributed by atoms with Gasteiger partial charge in [-0.3, -0.25) is 4.99 Å². The molecule has 1 N–H and O–H groups in total. The maximum absolute atomic E-state index is 8.49. The molecule has 0 amide bonds. The van der Waals surface area contributed by atoms with Gasteiger partial charge in [0.05, 0.1) is 6.61 Å². The van der Waals surface area contributed by atoms with E-state index in [1.54, 1.807) is 6.21 Å². The van der Waals surface area contributed by atoms with Gasteiger partial charge in [-0.25, -0.2) is 0 Å². The third kappa shape index (κ3) is 1.85. The fourth-order valence-corrected chi connectivity index (χ4v) is 0.694. The van der Waals surface area contributed by atoms with Crippen molar-refractivity contribution in [1.82, 2.24) is 4.90 Å². The summed E-state index contributed by atoms with van der Waals surface area (Å²) in [5.74, 6) is 0. The van der Waals surface area contributed by atoms with E-state index in [1.165, 1.54) is 0 Å². The van der Waals surface area contributed by atoms with Crippen LogP contribution in [0, 0.1) is 0 Å². The first kappa shape index (κ1) is 6.29. The molecule has 0 bridgehead atoms. The average Bonchev–Trinajstić information content (AvgIpc) is 1.91. The fourth-order valence-electron chi connectivity index (χ4n) is 0.694. The third-order valence-electron chi connectivity index (χ3n) is 1.14. The Morgan fingerprint density at radius 2 is 2.56 bits per heavy atom. The maximum atomic E-state index is 8.49. The number of allylic oxidation sites excluding steroid dienone is 1. The van der Waals surface area contributed by atoms with Gasteiger partial charge in [-0.05, 0) is 6.08 Å². The van der Waals surface area contributed by atoms with Crippen LogP contribution in [0.2, 0.25) is 0 Å². The molecule has 0 saturated heterocycles. The molecule has 9 heavy (non-hydrogen) atoms. The van der Waals surface area contributed by atoms with Gasteiger partial charge in [0.15, 0.2) is 0 Å². The number of rotatable bonds is 2. The highest BCUT2D eigenvalue weighted by Crippen LogP contribution is 1.92. The molecule has 0 aromatic rings. The van der Waals surface area contributed by atoms with Crippen LogP contribution in [0.5, 0.6) is 0 Å². The molecule has 50 valence electrons. The van der Waals surface area contributed by atoms with Crippen LogP contribution in [0.4, 0.5) is 0 Å². The van der Waals surface area contributed by atoms with Crippen molar-refractivity contribution in [2.45, 2.75) is 0 Å². The Balaban J connectivity index is 2.28. The highest BCUT2D eigenvalue weighted by molar-refractivity contribution is 5.71. The molecule has 1 heterocycles. The topological polar surface area (TPSA) is 35.8 Å². The van der Waals surface area contributed by atoms with Crippen LogP contribution in [-0.2, 0) is 0 Å². The highest BCUT2D eigenvalue weighted by Gasteiger charge is 1.96. The summed E-state index contributed by atoms with van der Waals surface area (Å²) in [5, 5.41) is 8.49. The summed E-state index contributed by atoms with van der Waals surface area (Å²) in [4.78, 5) is 5.92. The molecule has 3 nitrogen and oxygen atoms in total. The van der Waals surface area contributed by atoms with Gasteiger partial charge in [-0.1, -0.05) is 0 Å². The van der Waals surface area contributed by atoms with Crippen LogP contribution in [0.1, 0.15) is 0 Å². The summed E-state index contributed by atoms with van der Waals surface area (Å²) in [6.07, 6.45) is 5.54. The first-order chi connectivity index (χ1) is 4.43. The van der Waals surface area contributed by atoms with Crippen molar-refractivity contribution in [2.24, 2.45) is 4.99 Å². The zero-order valence-electron chi connectivity index (χ0n) is 5.20. The lowest BCUT2D eigenvalue weighted by Gasteiger charge is -2.17. The molecule has 0 aromatic heterocycles. The number of aliphatic hydroxyl groups excluding tert-OH is 1. The molecule has 3 heteroatoms. The first-order valence-electron chi connectivity index (χ1n) is 2.95. The van der Waals surface area contributed by atoms with E-state index < -0.39 is 0 Å². The summed E-state index contributed by atoms with van der Waals surface area (Å²) < 4.78 is 0. The van der Waals surface area contributed by atoms with Crippen LogP contribution >= 0.6 is 0 Å². The van der Waals surface area contributed by atoms with Crippen molar-refractivity contribution >= 4 is 6.21 Å². The molecule has 0 radical (unpaired) electrons. The zero-order valence-corrected chi connectivity index (χ0v) is 5.20. The smallest absolute Gasteiger partial charge is 0.109 e. The van der Waals surface area contributed by atoms with Crippen LogP contribution in [0.15, 0.2) is 17.3 Å². The summed E-state index contributed by atoms with van der Waals surface area (Å²) in [7, 11) is 0. The lowest BCUT2D eigenvalue weighted by atomic mass is 10.5. The molecule has 1 aliphatic rings. The van der Waals surface area contributed by atoms with Gasteiger partial charge in [0.2, 0.25) is 0 Å². The lowest BCUT2D eigenvalue weighted by Crippen LogP contribution is -2.22. The molecular formula is C6H10N2O. The summed E-state index contributed by atoms with van der Waals surface area (Å²) in [6, 6.07) is 0. The van der Waals surface area contributed by atoms with Crippen molar-refractivity contribution in [3.8, 4) is 0 Å². The van der Waals surface area contributed by atoms with E-state index in [4.69, 9.17) is 5.11 Å². The van der Waals surface area contributed by atoms with Gasteiger partial charge in [-0.2, -0.15) is 0 Å². The van der Waals surface area contributed by atoms with Crippen molar-refractivity contribution in [1.29, 1.82) is 0 Å². The molecular weight excluding hydrogens is 116 g/mol. The predicted octanol–water partition coefficient (Wildman–Crippen LogP) is -0.164. The number of nitrogens with zero attached hydrogens (tertiary/aromatic N) is 2. The monoisotopic (exact) mass is 126 g/mol. The molecule has 0 unspecified atom stereocenters. The SMILES string of the molecule is OCCN1C=CC=NC1. The van der Waals surface area contributed by atoms with Crippen LogP contribution in [0.3, 0.4) is 0 Å². The number of aliphatic hydroxyl groups is 1. The first-order valence-corrected chi connectivity index (χ1v) is 2.95. The van der Waals surface area contributed by atoms with E-state index in [2.05, 4.69) is 4.99 Å². The Morgan fingerprint density at radius 1 is 1.67 bits per heavy atom. The summed E-state index contributed by atoms with van der Waals surface area (Å²) in [5.41, 5.74) is 0. The van der Waals surface area contributed by atoms with Gasteiger partial charge in [0, 0.05) is 19.0 Å². The Bertz CT molecular complexity index is 131. The standard InChI is InChI=1S/C6H10N2O/c9-5-4-8-3-1-2-7-6-8/h1-3,9H,4-6H2. The van der Waals surface area contributed by atoms with E-state index in [-0.39, 0.29) is 6.61 Å². The number of hydrogen-bond acceptors (Lipinski definition) is 3. The minimum absolute atomic E-state index is 0.194. The van der Waals surface area contributed by atoms with Crippen molar-refractivity contribution in [2.75, 3.05) is 19.8 Å². The van der Waals surface area contributed by atoms with Gasteiger partial charge in [0.25, 0.3) is 0 Å². The molecule has 0 fully saturated rings. The van der Waals surface area contributed by atoms with Gasteiger partial charge < -0.3 is 10.0 Å². The second kappa shape index (κ2) is 3.25. The van der Waals surface area contributed by atoms with Crippen LogP contribution < -0.4 is 0 Å². The minimum Gasteiger partial charge on any atom is -0.395 e.